The second-order valence-corrected chi connectivity index (χ2v) is 4.89. The number of hydrogen-bond acceptors (Lipinski definition) is 4. The molecule has 0 radical (unpaired) electrons. The van der Waals surface area contributed by atoms with Crippen molar-refractivity contribution in [3.8, 4) is 11.8 Å². The Labute approximate surface area is 113 Å². The van der Waals surface area contributed by atoms with Crippen molar-refractivity contribution in [2.75, 3.05) is 13.7 Å². The fourth-order valence-electron chi connectivity index (χ4n) is 2.25. The first kappa shape index (κ1) is 15.3. The first-order chi connectivity index (χ1) is 8.96. The summed E-state index contributed by atoms with van der Waals surface area (Å²) < 4.78 is 4.70. The van der Waals surface area contributed by atoms with Crippen molar-refractivity contribution in [1.29, 1.82) is 0 Å². The van der Waals surface area contributed by atoms with E-state index in [9.17, 15) is 15.0 Å². The molecule has 0 saturated heterocycles. The van der Waals surface area contributed by atoms with Gasteiger partial charge >= 0.3 is 5.97 Å². The highest BCUT2D eigenvalue weighted by molar-refractivity contribution is 5.70. The van der Waals surface area contributed by atoms with Gasteiger partial charge in [0.05, 0.1) is 20.1 Å². The van der Waals surface area contributed by atoms with Gasteiger partial charge in [0.1, 0.15) is 5.76 Å². The number of aliphatic hydroxyl groups excluding tert-OH is 2. The third-order valence-corrected chi connectivity index (χ3v) is 3.48. The molecule has 4 nitrogen and oxygen atoms in total. The van der Waals surface area contributed by atoms with Gasteiger partial charge in [0, 0.05) is 11.3 Å². The Morgan fingerprint density at radius 1 is 1.63 bits per heavy atom. The number of esters is 1. The average molecular weight is 264 g/mol. The van der Waals surface area contributed by atoms with E-state index in [0.29, 0.717) is 12.0 Å². The molecule has 2 atom stereocenters. The molecule has 0 heterocycles. The van der Waals surface area contributed by atoms with Gasteiger partial charge < -0.3 is 14.9 Å². The maximum atomic E-state index is 11.5. The molecule has 0 aromatic rings. The molecule has 4 heteroatoms. The number of carbonyl (C=O) groups excluding carboxylic acids is 1. The van der Waals surface area contributed by atoms with Gasteiger partial charge in [-0.2, -0.15) is 0 Å². The quantitative estimate of drug-likeness (QED) is 0.601. The standard InChI is InChI=1S/C15H20O4/c1-4-5-12(8-14(18)19-3)15(2)7-6-13(17)11(9-15)10-16/h6-7,12,16-17H,8-10H2,1-3H3/t12-,15?/m0/s1. The van der Waals surface area contributed by atoms with Crippen molar-refractivity contribution in [2.24, 2.45) is 11.3 Å². The third kappa shape index (κ3) is 3.62. The number of allylic oxidation sites excluding steroid dienone is 2. The number of aliphatic hydroxyl groups is 2. The predicted octanol–water partition coefficient (Wildman–Crippen LogP) is 1.96. The molecular weight excluding hydrogens is 244 g/mol. The molecule has 1 rings (SSSR count). The van der Waals surface area contributed by atoms with Gasteiger partial charge in [-0.1, -0.05) is 18.9 Å². The Hall–Kier alpha value is -1.73. The lowest BCUT2D eigenvalue weighted by atomic mass is 9.69. The molecule has 19 heavy (non-hydrogen) atoms. The Morgan fingerprint density at radius 2 is 2.32 bits per heavy atom. The van der Waals surface area contributed by atoms with Crippen LogP contribution in [0.2, 0.25) is 0 Å². The SMILES string of the molecule is CC#C[C@@H](CC(=O)OC)C1(C)C=CC(O)=C(CO)C1. The number of ether oxygens (including phenoxy) is 1. The third-order valence-electron chi connectivity index (χ3n) is 3.48. The first-order valence-electron chi connectivity index (χ1n) is 6.17. The fraction of sp³-hybridized carbons (Fsp3) is 0.533. The summed E-state index contributed by atoms with van der Waals surface area (Å²) in [7, 11) is 1.35. The molecule has 0 spiro atoms. The van der Waals surface area contributed by atoms with Crippen LogP contribution in [0.3, 0.4) is 0 Å². The van der Waals surface area contributed by atoms with Crippen LogP contribution in [0.4, 0.5) is 0 Å². The summed E-state index contributed by atoms with van der Waals surface area (Å²) in [6, 6.07) is 0. The van der Waals surface area contributed by atoms with Crippen LogP contribution in [-0.4, -0.2) is 29.9 Å². The Balaban J connectivity index is 2.99. The van der Waals surface area contributed by atoms with Crippen LogP contribution in [0.25, 0.3) is 0 Å². The van der Waals surface area contributed by atoms with Gasteiger partial charge in [0.2, 0.25) is 0 Å². The topological polar surface area (TPSA) is 66.8 Å². The smallest absolute Gasteiger partial charge is 0.306 e. The Kier molecular flexibility index (Phi) is 5.20. The Morgan fingerprint density at radius 3 is 2.84 bits per heavy atom. The summed E-state index contributed by atoms with van der Waals surface area (Å²) in [6.45, 7) is 3.49. The van der Waals surface area contributed by atoms with Crippen LogP contribution in [0.15, 0.2) is 23.5 Å². The molecule has 1 aliphatic carbocycles. The summed E-state index contributed by atoms with van der Waals surface area (Å²) in [6.07, 6.45) is 4.08. The van der Waals surface area contributed by atoms with Crippen LogP contribution < -0.4 is 0 Å². The number of methoxy groups -OCH3 is 1. The number of rotatable bonds is 4. The van der Waals surface area contributed by atoms with E-state index in [2.05, 4.69) is 11.8 Å². The lowest BCUT2D eigenvalue weighted by Crippen LogP contribution is -2.30. The van der Waals surface area contributed by atoms with Crippen molar-refractivity contribution in [1.82, 2.24) is 0 Å². The van der Waals surface area contributed by atoms with E-state index in [0.717, 1.165) is 0 Å². The monoisotopic (exact) mass is 264 g/mol. The van der Waals surface area contributed by atoms with Crippen LogP contribution in [-0.2, 0) is 9.53 Å². The predicted molar refractivity (Wildman–Crippen MR) is 72.2 cm³/mol. The minimum Gasteiger partial charge on any atom is -0.508 e. The summed E-state index contributed by atoms with van der Waals surface area (Å²) in [5, 5.41) is 18.9. The van der Waals surface area contributed by atoms with E-state index in [-0.39, 0.29) is 30.7 Å². The van der Waals surface area contributed by atoms with Crippen LogP contribution in [0.1, 0.15) is 26.7 Å². The molecule has 0 bridgehead atoms. The summed E-state index contributed by atoms with van der Waals surface area (Å²) in [4.78, 5) is 11.5. The van der Waals surface area contributed by atoms with Crippen molar-refractivity contribution in [3.63, 3.8) is 0 Å². The highest BCUT2D eigenvalue weighted by atomic mass is 16.5. The van der Waals surface area contributed by atoms with E-state index >= 15 is 0 Å². The van der Waals surface area contributed by atoms with E-state index < -0.39 is 5.41 Å². The van der Waals surface area contributed by atoms with Crippen LogP contribution >= 0.6 is 0 Å². The number of carbonyl (C=O) groups is 1. The van der Waals surface area contributed by atoms with Crippen LogP contribution in [0.5, 0.6) is 0 Å². The molecule has 2 N–H and O–H groups in total. The minimum atomic E-state index is -0.401. The second kappa shape index (κ2) is 6.44. The van der Waals surface area contributed by atoms with Gasteiger partial charge in [0.15, 0.2) is 0 Å². The second-order valence-electron chi connectivity index (χ2n) is 4.89. The largest absolute Gasteiger partial charge is 0.508 e. The molecule has 104 valence electrons. The van der Waals surface area contributed by atoms with E-state index in [1.807, 2.05) is 13.0 Å². The molecule has 0 aromatic heterocycles. The molecule has 0 aliphatic heterocycles. The van der Waals surface area contributed by atoms with Crippen molar-refractivity contribution in [2.45, 2.75) is 26.7 Å². The van der Waals surface area contributed by atoms with Gasteiger partial charge in [-0.25, -0.2) is 0 Å². The highest BCUT2D eigenvalue weighted by Crippen LogP contribution is 2.41. The zero-order chi connectivity index (χ0) is 14.5. The lowest BCUT2D eigenvalue weighted by Gasteiger charge is -2.34. The maximum absolute atomic E-state index is 11.5. The normalized spacial score (nSPS) is 23.6. The molecule has 0 saturated carbocycles. The average Bonchev–Trinajstić information content (AvgIpc) is 2.41. The molecular formula is C15H20O4. The molecule has 0 fully saturated rings. The van der Waals surface area contributed by atoms with E-state index in [1.165, 1.54) is 7.11 Å². The van der Waals surface area contributed by atoms with E-state index in [1.54, 1.807) is 13.0 Å². The summed E-state index contributed by atoms with van der Waals surface area (Å²) in [5.74, 6) is 5.43. The molecule has 0 amide bonds. The first-order valence-corrected chi connectivity index (χ1v) is 6.17. The molecule has 1 aliphatic rings. The van der Waals surface area contributed by atoms with Gasteiger partial charge in [0.25, 0.3) is 0 Å². The number of hydrogen-bond donors (Lipinski definition) is 2. The van der Waals surface area contributed by atoms with E-state index in [4.69, 9.17) is 4.74 Å². The Bertz CT molecular complexity index is 464. The zero-order valence-electron chi connectivity index (χ0n) is 11.6. The maximum Gasteiger partial charge on any atom is 0.306 e. The zero-order valence-corrected chi connectivity index (χ0v) is 11.6. The summed E-state index contributed by atoms with van der Waals surface area (Å²) >= 11 is 0. The minimum absolute atomic E-state index is 0.0984. The van der Waals surface area contributed by atoms with Crippen molar-refractivity contribution >= 4 is 5.97 Å². The van der Waals surface area contributed by atoms with Crippen molar-refractivity contribution < 1.29 is 19.7 Å². The summed E-state index contributed by atoms with van der Waals surface area (Å²) in [5.41, 5.74) is 0.166. The van der Waals surface area contributed by atoms with Gasteiger partial charge in [-0.05, 0) is 25.0 Å². The van der Waals surface area contributed by atoms with Gasteiger partial charge in [-0.3, -0.25) is 4.79 Å². The molecule has 1 unspecified atom stereocenters. The van der Waals surface area contributed by atoms with Crippen molar-refractivity contribution in [3.05, 3.63) is 23.5 Å². The molecule has 0 aromatic carbocycles. The van der Waals surface area contributed by atoms with Gasteiger partial charge in [-0.15, -0.1) is 5.92 Å². The highest BCUT2D eigenvalue weighted by Gasteiger charge is 2.36. The lowest BCUT2D eigenvalue weighted by molar-refractivity contribution is -0.141. The van der Waals surface area contributed by atoms with Crippen LogP contribution in [0, 0.1) is 23.2 Å². The fourth-order valence-corrected chi connectivity index (χ4v) is 2.25.